The Hall–Kier alpha value is -2.05. The number of rotatable bonds is 8. The van der Waals surface area contributed by atoms with Crippen LogP contribution in [0.4, 0.5) is 0 Å². The van der Waals surface area contributed by atoms with Crippen LogP contribution in [-0.2, 0) is 14.4 Å². The number of carbonyl (C=O) groups is 3. The minimum absolute atomic E-state index is 0.0327. The molecule has 0 fully saturated rings. The van der Waals surface area contributed by atoms with Crippen molar-refractivity contribution in [1.82, 2.24) is 4.90 Å². The minimum Gasteiger partial charge on any atom is -0.480 e. The fourth-order valence-corrected chi connectivity index (χ4v) is 1.79. The molecule has 0 unspecified atom stereocenters. The van der Waals surface area contributed by atoms with Crippen LogP contribution >= 0.6 is 0 Å². The van der Waals surface area contributed by atoms with Crippen LogP contribution in [0.1, 0.15) is 34.1 Å². The molecule has 0 amide bonds. The van der Waals surface area contributed by atoms with Crippen LogP contribution in [-0.4, -0.2) is 50.7 Å². The van der Waals surface area contributed by atoms with Crippen molar-refractivity contribution in [1.29, 1.82) is 0 Å². The third-order valence-electron chi connectivity index (χ3n) is 2.96. The Kier molecular flexibility index (Phi) is 6.75. The zero-order chi connectivity index (χ0) is 16.0. The molecule has 1 atom stereocenters. The maximum atomic E-state index is 11.4. The van der Waals surface area contributed by atoms with Gasteiger partial charge in [0.1, 0.15) is 12.6 Å². The van der Waals surface area contributed by atoms with Gasteiger partial charge in [-0.2, -0.15) is 0 Å². The van der Waals surface area contributed by atoms with Crippen molar-refractivity contribution in [2.45, 2.75) is 40.2 Å². The van der Waals surface area contributed by atoms with Gasteiger partial charge in [-0.25, -0.2) is 9.59 Å². The lowest BCUT2D eigenvalue weighted by Crippen LogP contribution is -2.44. The van der Waals surface area contributed by atoms with Crippen LogP contribution < -0.4 is 0 Å². The maximum Gasteiger partial charge on any atom is 0.333 e. The zero-order valence-electron chi connectivity index (χ0n) is 12.1. The van der Waals surface area contributed by atoms with E-state index in [2.05, 4.69) is 0 Å². The van der Waals surface area contributed by atoms with Crippen molar-refractivity contribution in [3.8, 4) is 0 Å². The number of aliphatic carboxylic acids is 3. The molecular weight excluding hydrogens is 266 g/mol. The van der Waals surface area contributed by atoms with Gasteiger partial charge in [0, 0.05) is 5.70 Å². The summed E-state index contributed by atoms with van der Waals surface area (Å²) in [4.78, 5) is 34.4. The molecule has 0 radical (unpaired) electrons. The summed E-state index contributed by atoms with van der Waals surface area (Å²) in [7, 11) is 0. The lowest BCUT2D eigenvalue weighted by Gasteiger charge is -2.31. The standard InChI is InChI=1S/C13H21NO6/c1-7(2)5-10(13(19)20)14(6-11(15)16)9(4)8(3)12(17)18/h7,10H,5-6H2,1-4H3,(H,15,16)(H,17,18)(H,19,20)/t10-/m0/s1. The second-order valence-corrected chi connectivity index (χ2v) is 5.02. The first-order valence-electron chi connectivity index (χ1n) is 6.19. The van der Waals surface area contributed by atoms with E-state index in [1.807, 2.05) is 13.8 Å². The Labute approximate surface area is 117 Å². The first kappa shape index (κ1) is 17.9. The Morgan fingerprint density at radius 1 is 1.05 bits per heavy atom. The SMILES string of the molecule is CC(C(=O)O)=C(C)N(CC(=O)O)[C@@H](CC(C)C)C(=O)O. The van der Waals surface area contributed by atoms with Gasteiger partial charge in [0.05, 0.1) is 5.57 Å². The molecular formula is C13H21NO6. The van der Waals surface area contributed by atoms with Gasteiger partial charge in [-0.1, -0.05) is 13.8 Å². The average Bonchev–Trinajstić information content (AvgIpc) is 2.30. The average molecular weight is 287 g/mol. The molecule has 0 spiro atoms. The van der Waals surface area contributed by atoms with E-state index in [1.165, 1.54) is 13.8 Å². The highest BCUT2D eigenvalue weighted by Gasteiger charge is 2.29. The summed E-state index contributed by atoms with van der Waals surface area (Å²) in [6.07, 6.45) is 0.229. The van der Waals surface area contributed by atoms with E-state index >= 15 is 0 Å². The number of carboxylic acid groups (broad SMARTS) is 3. The fraction of sp³-hybridized carbons (Fsp3) is 0.615. The quantitative estimate of drug-likeness (QED) is 0.575. The summed E-state index contributed by atoms with van der Waals surface area (Å²) in [5.41, 5.74) is 0.0780. The van der Waals surface area contributed by atoms with Gasteiger partial charge in [-0.3, -0.25) is 4.79 Å². The van der Waals surface area contributed by atoms with Gasteiger partial charge in [0.15, 0.2) is 0 Å². The number of hydrogen-bond donors (Lipinski definition) is 3. The predicted molar refractivity (Wildman–Crippen MR) is 71.2 cm³/mol. The van der Waals surface area contributed by atoms with Crippen LogP contribution in [0.5, 0.6) is 0 Å². The van der Waals surface area contributed by atoms with Crippen LogP contribution in [0.2, 0.25) is 0 Å². The highest BCUT2D eigenvalue weighted by molar-refractivity contribution is 5.87. The molecule has 0 heterocycles. The summed E-state index contributed by atoms with van der Waals surface area (Å²) in [5, 5.41) is 27.1. The number of allylic oxidation sites excluding steroid dienone is 1. The zero-order valence-corrected chi connectivity index (χ0v) is 12.1. The smallest absolute Gasteiger partial charge is 0.333 e. The minimum atomic E-state index is -1.21. The van der Waals surface area contributed by atoms with E-state index in [4.69, 9.17) is 10.2 Å². The second-order valence-electron chi connectivity index (χ2n) is 5.02. The van der Waals surface area contributed by atoms with E-state index in [1.54, 1.807) is 0 Å². The van der Waals surface area contributed by atoms with Gasteiger partial charge in [-0.15, -0.1) is 0 Å². The topological polar surface area (TPSA) is 115 Å². The van der Waals surface area contributed by atoms with Gasteiger partial charge in [-0.05, 0) is 26.2 Å². The van der Waals surface area contributed by atoms with Gasteiger partial charge in [0.25, 0.3) is 0 Å². The van der Waals surface area contributed by atoms with Crippen LogP contribution in [0, 0.1) is 5.92 Å². The Morgan fingerprint density at radius 2 is 1.55 bits per heavy atom. The third-order valence-corrected chi connectivity index (χ3v) is 2.96. The molecule has 0 saturated carbocycles. The van der Waals surface area contributed by atoms with Gasteiger partial charge >= 0.3 is 17.9 Å². The van der Waals surface area contributed by atoms with E-state index in [0.29, 0.717) is 0 Å². The summed E-state index contributed by atoms with van der Waals surface area (Å²) < 4.78 is 0. The Balaban J connectivity index is 5.62. The van der Waals surface area contributed by atoms with Crippen LogP contribution in [0.25, 0.3) is 0 Å². The summed E-state index contributed by atoms with van der Waals surface area (Å²) in [6, 6.07) is -1.07. The van der Waals surface area contributed by atoms with Crippen molar-refractivity contribution in [3.63, 3.8) is 0 Å². The number of hydrogen-bond acceptors (Lipinski definition) is 4. The normalized spacial score (nSPS) is 13.7. The van der Waals surface area contributed by atoms with E-state index in [9.17, 15) is 19.5 Å². The molecule has 0 aromatic heterocycles. The van der Waals surface area contributed by atoms with Crippen molar-refractivity contribution in [2.75, 3.05) is 6.54 Å². The molecule has 0 bridgehead atoms. The van der Waals surface area contributed by atoms with E-state index in [-0.39, 0.29) is 23.6 Å². The molecule has 7 nitrogen and oxygen atoms in total. The Bertz CT molecular complexity index is 427. The number of carboxylic acids is 3. The van der Waals surface area contributed by atoms with E-state index in [0.717, 1.165) is 4.90 Å². The molecule has 3 N–H and O–H groups in total. The molecule has 114 valence electrons. The number of nitrogens with zero attached hydrogens (tertiary/aromatic N) is 1. The highest BCUT2D eigenvalue weighted by Crippen LogP contribution is 2.19. The van der Waals surface area contributed by atoms with E-state index < -0.39 is 30.5 Å². The van der Waals surface area contributed by atoms with Gasteiger partial charge < -0.3 is 20.2 Å². The third kappa shape index (κ3) is 5.29. The Morgan fingerprint density at radius 3 is 1.85 bits per heavy atom. The molecule has 0 saturated heterocycles. The van der Waals surface area contributed by atoms with Crippen molar-refractivity contribution >= 4 is 17.9 Å². The van der Waals surface area contributed by atoms with Crippen molar-refractivity contribution < 1.29 is 29.7 Å². The highest BCUT2D eigenvalue weighted by atomic mass is 16.4. The molecule has 0 aromatic carbocycles. The van der Waals surface area contributed by atoms with Gasteiger partial charge in [0.2, 0.25) is 0 Å². The molecule has 0 aliphatic heterocycles. The van der Waals surface area contributed by atoms with Crippen molar-refractivity contribution in [3.05, 3.63) is 11.3 Å². The summed E-state index contributed by atoms with van der Waals surface area (Å²) in [5.74, 6) is -3.55. The lowest BCUT2D eigenvalue weighted by atomic mass is 10.0. The molecule has 0 aliphatic rings. The monoisotopic (exact) mass is 287 g/mol. The van der Waals surface area contributed by atoms with Crippen molar-refractivity contribution in [2.24, 2.45) is 5.92 Å². The predicted octanol–water partition coefficient (Wildman–Crippen LogP) is 1.25. The molecule has 0 aromatic rings. The second kappa shape index (κ2) is 7.52. The molecule has 0 rings (SSSR count). The first-order chi connectivity index (χ1) is 9.07. The molecule has 0 aliphatic carbocycles. The molecule has 7 heteroatoms. The first-order valence-corrected chi connectivity index (χ1v) is 6.19. The fourth-order valence-electron chi connectivity index (χ4n) is 1.79. The largest absolute Gasteiger partial charge is 0.480 e. The summed E-state index contributed by atoms with van der Waals surface area (Å²) >= 11 is 0. The van der Waals surface area contributed by atoms with Crippen LogP contribution in [0.3, 0.4) is 0 Å². The lowest BCUT2D eigenvalue weighted by molar-refractivity contribution is -0.146. The van der Waals surface area contributed by atoms with Crippen LogP contribution in [0.15, 0.2) is 11.3 Å². The summed E-state index contributed by atoms with van der Waals surface area (Å²) in [6.45, 7) is 5.82. The molecule has 20 heavy (non-hydrogen) atoms. The maximum absolute atomic E-state index is 11.4.